The Morgan fingerprint density at radius 3 is 1.08 bits per heavy atom. The second-order valence-corrected chi connectivity index (χ2v) is 9.20. The predicted octanol–water partition coefficient (Wildman–Crippen LogP) is -11.8. The molecule has 2 unspecified atom stereocenters. The van der Waals surface area contributed by atoms with Gasteiger partial charge in [0.15, 0.2) is 0 Å². The number of terminal acetylenes is 4. The third kappa shape index (κ3) is 30.4. The molecule has 1 heterocycles. The molecular formula is C22H34Cl2N4O8. The van der Waals surface area contributed by atoms with E-state index in [1.165, 1.54) is 9.80 Å². The van der Waals surface area contributed by atoms with Crippen LogP contribution in [0.1, 0.15) is 12.8 Å². The van der Waals surface area contributed by atoms with Crippen LogP contribution in [0.4, 0.5) is 0 Å². The number of hydrogen-bond donors (Lipinski definition) is 2. The normalized spacial score (nSPS) is 20.9. The average molecular weight is 553 g/mol. The number of nitrogens with one attached hydrogen (secondary N) is 2. The Balaban J connectivity index is 0. The molecule has 2 N–H and O–H groups in total. The van der Waals surface area contributed by atoms with Crippen molar-refractivity contribution in [2.75, 3.05) is 78.5 Å². The maximum Gasteiger partial charge on any atom is 0.139 e. The Bertz CT molecular complexity index is 613. The lowest BCUT2D eigenvalue weighted by molar-refractivity contribution is -2.00. The monoisotopic (exact) mass is 552 g/mol. The minimum absolute atomic E-state index is 0.698. The summed E-state index contributed by atoms with van der Waals surface area (Å²) >= 11 is 0. The summed E-state index contributed by atoms with van der Waals surface area (Å²) in [5.41, 5.74) is 0. The zero-order valence-electron chi connectivity index (χ0n) is 20.1. The zero-order chi connectivity index (χ0) is 28.0. The number of hydrogen-bond acceptors (Lipinski definition) is 10. The zero-order valence-corrected chi connectivity index (χ0v) is 21.6. The first-order valence-electron chi connectivity index (χ1n) is 10.8. The van der Waals surface area contributed by atoms with Crippen LogP contribution >= 0.6 is 0 Å². The Morgan fingerprint density at radius 1 is 0.528 bits per heavy atom. The van der Waals surface area contributed by atoms with E-state index >= 15 is 0 Å². The number of halogens is 2. The number of rotatable bonds is 4. The second kappa shape index (κ2) is 21.4. The van der Waals surface area contributed by atoms with Crippen molar-refractivity contribution >= 4 is 0 Å². The average Bonchev–Trinajstić information content (AvgIpc) is 2.72. The highest BCUT2D eigenvalue weighted by molar-refractivity contribution is 4.89. The van der Waals surface area contributed by atoms with Crippen LogP contribution in [0.5, 0.6) is 0 Å². The maximum absolute atomic E-state index is 8.49. The largest absolute Gasteiger partial charge is 0.324 e. The van der Waals surface area contributed by atoms with Gasteiger partial charge in [-0.15, -0.1) is 46.2 Å². The fraction of sp³-hybridized carbons (Fsp3) is 0.636. The van der Waals surface area contributed by atoms with E-state index in [2.05, 4.69) is 33.5 Å². The Morgan fingerprint density at radius 2 is 0.833 bits per heavy atom. The topological polar surface area (TPSA) is 200 Å². The van der Waals surface area contributed by atoms with Crippen molar-refractivity contribution in [3.05, 3.63) is 0 Å². The van der Waals surface area contributed by atoms with Gasteiger partial charge in [-0.3, -0.25) is 9.80 Å². The lowest BCUT2D eigenvalue weighted by Gasteiger charge is -2.27. The molecule has 36 heavy (non-hydrogen) atoms. The van der Waals surface area contributed by atoms with Crippen molar-refractivity contribution in [2.24, 2.45) is 0 Å². The van der Waals surface area contributed by atoms with Crippen LogP contribution in [0.2, 0.25) is 0 Å². The number of nitrogens with zero attached hydrogens (tertiary/aromatic N) is 2. The SMILES string of the molecule is C#CCN1CCC[NH+](CC#C)CCN(CC#C)CCC[NH+](CC#C)CC1.[O-][Cl+3]([O-])([O-])[O-].[O-][Cl+3]([O-])([O-])[O-]. The van der Waals surface area contributed by atoms with Gasteiger partial charge < -0.3 is 9.80 Å². The summed E-state index contributed by atoms with van der Waals surface area (Å²) in [7, 11) is -9.89. The van der Waals surface area contributed by atoms with E-state index in [-0.39, 0.29) is 0 Å². The van der Waals surface area contributed by atoms with Crippen molar-refractivity contribution in [1.29, 1.82) is 0 Å². The lowest BCUT2D eigenvalue weighted by Crippen LogP contribution is -3.13. The van der Waals surface area contributed by atoms with Gasteiger partial charge in [0.2, 0.25) is 0 Å². The van der Waals surface area contributed by atoms with Crippen molar-refractivity contribution in [1.82, 2.24) is 9.80 Å². The molecule has 2 atom stereocenters. The Hall–Kier alpha value is -1.66. The van der Waals surface area contributed by atoms with Gasteiger partial charge in [-0.25, -0.2) is 37.3 Å². The van der Waals surface area contributed by atoms with Crippen LogP contribution in [-0.2, 0) is 0 Å². The minimum Gasteiger partial charge on any atom is -0.324 e. The molecule has 0 bridgehead atoms. The molecule has 0 radical (unpaired) electrons. The summed E-state index contributed by atoms with van der Waals surface area (Å²) in [5.74, 6) is 11.2. The highest BCUT2D eigenvalue weighted by atomic mass is 35.7. The smallest absolute Gasteiger partial charge is 0.139 e. The molecule has 0 saturated carbocycles. The first-order chi connectivity index (χ1) is 16.7. The van der Waals surface area contributed by atoms with Gasteiger partial charge in [0, 0.05) is 39.0 Å². The summed E-state index contributed by atoms with van der Waals surface area (Å²) in [6.45, 7) is 11.1. The van der Waals surface area contributed by atoms with Gasteiger partial charge in [0.05, 0.1) is 39.3 Å². The van der Waals surface area contributed by atoms with E-state index in [9.17, 15) is 0 Å². The fourth-order valence-electron chi connectivity index (χ4n) is 3.43. The summed E-state index contributed by atoms with van der Waals surface area (Å²) in [4.78, 5) is 7.62. The molecule has 0 aromatic rings. The maximum atomic E-state index is 8.49. The highest BCUT2D eigenvalue weighted by Crippen LogP contribution is 1.91. The van der Waals surface area contributed by atoms with Crippen molar-refractivity contribution in [3.8, 4) is 49.4 Å². The first kappa shape index (κ1) is 36.5. The third-order valence-corrected chi connectivity index (χ3v) is 4.91. The van der Waals surface area contributed by atoms with Crippen LogP contribution < -0.4 is 47.1 Å². The first-order valence-corrected chi connectivity index (χ1v) is 13.3. The van der Waals surface area contributed by atoms with Crippen molar-refractivity contribution in [3.63, 3.8) is 0 Å². The van der Waals surface area contributed by atoms with Gasteiger partial charge in [0.1, 0.15) is 13.1 Å². The highest BCUT2D eigenvalue weighted by Gasteiger charge is 2.16. The number of quaternary nitrogens is 2. The van der Waals surface area contributed by atoms with E-state index in [1.807, 2.05) is 0 Å². The van der Waals surface area contributed by atoms with E-state index in [4.69, 9.17) is 63.0 Å². The summed E-state index contributed by atoms with van der Waals surface area (Å²) in [5, 5.41) is 0. The van der Waals surface area contributed by atoms with Gasteiger partial charge in [-0.1, -0.05) is 11.8 Å². The van der Waals surface area contributed by atoms with E-state index in [0.29, 0.717) is 13.1 Å². The summed E-state index contributed by atoms with van der Waals surface area (Å²) < 4.78 is 67.9. The van der Waals surface area contributed by atoms with Crippen LogP contribution in [0.3, 0.4) is 0 Å². The van der Waals surface area contributed by atoms with E-state index in [1.54, 1.807) is 0 Å². The molecule has 1 fully saturated rings. The molecule has 1 aliphatic heterocycles. The van der Waals surface area contributed by atoms with Crippen LogP contribution in [-0.4, -0.2) is 88.3 Å². The standard InChI is InChI=1S/C22H32N4.2ClHO4/c1-5-11-23-15-9-16-25(13-7-3)21-22-26(14-8-4)18-10-17-24(12-6-2)20-19-23;2*2-1(3,4)5/h1-4H,9-22H2;2*(H,2,3,4,5). The van der Waals surface area contributed by atoms with Gasteiger partial charge in [0.25, 0.3) is 0 Å². The van der Waals surface area contributed by atoms with Gasteiger partial charge in [-0.05, 0) is 11.8 Å². The van der Waals surface area contributed by atoms with Crippen molar-refractivity contribution < 1.29 is 67.6 Å². The quantitative estimate of drug-likeness (QED) is 0.315. The van der Waals surface area contributed by atoms with Crippen LogP contribution in [0, 0.1) is 69.9 Å². The molecule has 0 aromatic heterocycles. The van der Waals surface area contributed by atoms with E-state index < -0.39 is 20.5 Å². The van der Waals surface area contributed by atoms with Gasteiger partial charge >= 0.3 is 0 Å². The third-order valence-electron chi connectivity index (χ3n) is 4.91. The lowest BCUT2D eigenvalue weighted by atomic mass is 10.2. The molecule has 0 amide bonds. The van der Waals surface area contributed by atoms with Crippen molar-refractivity contribution in [2.45, 2.75) is 12.8 Å². The van der Waals surface area contributed by atoms with Crippen LogP contribution in [0.25, 0.3) is 0 Å². The molecule has 1 saturated heterocycles. The molecule has 1 aliphatic rings. The molecule has 14 heteroatoms. The molecule has 12 nitrogen and oxygen atoms in total. The Kier molecular flexibility index (Phi) is 21.7. The summed E-state index contributed by atoms with van der Waals surface area (Å²) in [6, 6.07) is 0. The fourth-order valence-corrected chi connectivity index (χ4v) is 3.43. The molecule has 1 rings (SSSR count). The minimum atomic E-state index is -4.94. The molecular weight excluding hydrogens is 519 g/mol. The van der Waals surface area contributed by atoms with E-state index in [0.717, 1.165) is 78.3 Å². The molecule has 0 aromatic carbocycles. The predicted molar refractivity (Wildman–Crippen MR) is 109 cm³/mol. The Labute approximate surface area is 218 Å². The molecule has 0 spiro atoms. The van der Waals surface area contributed by atoms with Gasteiger partial charge in [-0.2, -0.15) is 0 Å². The summed E-state index contributed by atoms with van der Waals surface area (Å²) in [6.07, 6.45) is 24.4. The molecule has 0 aliphatic carbocycles. The van der Waals surface area contributed by atoms with Crippen LogP contribution in [0.15, 0.2) is 0 Å². The molecule has 204 valence electrons. The second-order valence-electron chi connectivity index (χ2n) is 7.69.